The normalized spacial score (nSPS) is 17.7. The zero-order valence-corrected chi connectivity index (χ0v) is 11.7. The number of carbonyl (C=O) groups excluding carboxylic acids is 1. The van der Waals surface area contributed by atoms with Crippen molar-refractivity contribution >= 4 is 11.6 Å². The molecule has 104 valence electrons. The number of hydrogen-bond donors (Lipinski definition) is 2. The number of carbonyl (C=O) groups is 1. The lowest BCUT2D eigenvalue weighted by molar-refractivity contribution is -0.120. The van der Waals surface area contributed by atoms with Gasteiger partial charge < -0.3 is 10.6 Å². The molecule has 0 heterocycles. The third-order valence-electron chi connectivity index (χ3n) is 3.97. The number of anilines is 1. The molecule has 1 saturated carbocycles. The minimum absolute atomic E-state index is 0.0851. The SMILES string of the molecule is CC(NC(=O)CNc1ccccc1)C1CCCCC1. The second-order valence-electron chi connectivity index (χ2n) is 5.47. The van der Waals surface area contributed by atoms with Crippen molar-refractivity contribution in [2.24, 2.45) is 5.92 Å². The first-order chi connectivity index (χ1) is 9.25. The van der Waals surface area contributed by atoms with Gasteiger partial charge >= 0.3 is 0 Å². The number of para-hydroxylation sites is 1. The Hall–Kier alpha value is -1.51. The Morgan fingerprint density at radius 2 is 1.89 bits per heavy atom. The van der Waals surface area contributed by atoms with Gasteiger partial charge in [-0.2, -0.15) is 0 Å². The van der Waals surface area contributed by atoms with E-state index in [9.17, 15) is 4.79 Å². The summed E-state index contributed by atoms with van der Waals surface area (Å²) in [6.45, 7) is 2.48. The van der Waals surface area contributed by atoms with E-state index in [-0.39, 0.29) is 5.91 Å². The molecule has 1 aliphatic rings. The van der Waals surface area contributed by atoms with Gasteiger partial charge in [-0.05, 0) is 37.8 Å². The van der Waals surface area contributed by atoms with Crippen LogP contribution in [0.4, 0.5) is 5.69 Å². The molecule has 1 unspecified atom stereocenters. The molecule has 1 amide bonds. The number of nitrogens with one attached hydrogen (secondary N) is 2. The molecule has 2 rings (SSSR count). The zero-order valence-electron chi connectivity index (χ0n) is 11.7. The van der Waals surface area contributed by atoms with Crippen molar-refractivity contribution in [2.75, 3.05) is 11.9 Å². The van der Waals surface area contributed by atoms with Crippen LogP contribution in [-0.2, 0) is 4.79 Å². The van der Waals surface area contributed by atoms with E-state index in [4.69, 9.17) is 0 Å². The van der Waals surface area contributed by atoms with E-state index >= 15 is 0 Å². The average molecular weight is 260 g/mol. The van der Waals surface area contributed by atoms with Gasteiger partial charge in [0.05, 0.1) is 6.54 Å². The maximum atomic E-state index is 11.9. The lowest BCUT2D eigenvalue weighted by Gasteiger charge is -2.28. The lowest BCUT2D eigenvalue weighted by Crippen LogP contribution is -2.41. The summed E-state index contributed by atoms with van der Waals surface area (Å²) >= 11 is 0. The third kappa shape index (κ3) is 4.58. The molecule has 0 aliphatic heterocycles. The van der Waals surface area contributed by atoms with Crippen LogP contribution >= 0.6 is 0 Å². The molecule has 3 nitrogen and oxygen atoms in total. The summed E-state index contributed by atoms with van der Waals surface area (Å²) in [5, 5.41) is 6.26. The first kappa shape index (κ1) is 13.9. The van der Waals surface area contributed by atoms with E-state index in [1.165, 1.54) is 32.1 Å². The number of rotatable bonds is 5. The fraction of sp³-hybridized carbons (Fsp3) is 0.562. The van der Waals surface area contributed by atoms with E-state index in [2.05, 4.69) is 17.6 Å². The van der Waals surface area contributed by atoms with Crippen molar-refractivity contribution < 1.29 is 4.79 Å². The third-order valence-corrected chi connectivity index (χ3v) is 3.97. The van der Waals surface area contributed by atoms with Gasteiger partial charge in [-0.15, -0.1) is 0 Å². The summed E-state index contributed by atoms with van der Waals surface area (Å²) in [6.07, 6.45) is 6.49. The molecule has 19 heavy (non-hydrogen) atoms. The van der Waals surface area contributed by atoms with Gasteiger partial charge in [0, 0.05) is 11.7 Å². The van der Waals surface area contributed by atoms with E-state index in [0.717, 1.165) is 5.69 Å². The smallest absolute Gasteiger partial charge is 0.239 e. The highest BCUT2D eigenvalue weighted by Gasteiger charge is 2.21. The molecular formula is C16H24N2O. The van der Waals surface area contributed by atoms with Crippen LogP contribution in [0.3, 0.4) is 0 Å². The summed E-state index contributed by atoms with van der Waals surface area (Å²) in [4.78, 5) is 11.9. The van der Waals surface area contributed by atoms with Crippen molar-refractivity contribution in [1.29, 1.82) is 0 Å². The fourth-order valence-corrected chi connectivity index (χ4v) is 2.80. The summed E-state index contributed by atoms with van der Waals surface area (Å²) in [7, 11) is 0. The molecule has 0 spiro atoms. The summed E-state index contributed by atoms with van der Waals surface area (Å²) in [5.41, 5.74) is 0.989. The highest BCUT2D eigenvalue weighted by atomic mass is 16.1. The van der Waals surface area contributed by atoms with Crippen molar-refractivity contribution in [3.8, 4) is 0 Å². The Labute approximate surface area is 115 Å². The van der Waals surface area contributed by atoms with Crippen LogP contribution in [0.25, 0.3) is 0 Å². The molecule has 1 aromatic carbocycles. The van der Waals surface area contributed by atoms with Crippen LogP contribution in [0.2, 0.25) is 0 Å². The first-order valence-corrected chi connectivity index (χ1v) is 7.34. The van der Waals surface area contributed by atoms with Crippen LogP contribution in [0, 0.1) is 5.92 Å². The molecule has 0 radical (unpaired) electrons. The van der Waals surface area contributed by atoms with Gasteiger partial charge in [-0.1, -0.05) is 37.5 Å². The van der Waals surface area contributed by atoms with E-state index in [0.29, 0.717) is 18.5 Å². The van der Waals surface area contributed by atoms with Gasteiger partial charge in [-0.3, -0.25) is 4.79 Å². The molecule has 1 fully saturated rings. The number of hydrogen-bond acceptors (Lipinski definition) is 2. The first-order valence-electron chi connectivity index (χ1n) is 7.34. The van der Waals surface area contributed by atoms with Gasteiger partial charge in [0.2, 0.25) is 5.91 Å². The molecule has 3 heteroatoms. The monoisotopic (exact) mass is 260 g/mol. The average Bonchev–Trinajstić information content (AvgIpc) is 2.47. The predicted molar refractivity (Wildman–Crippen MR) is 79.1 cm³/mol. The van der Waals surface area contributed by atoms with Gasteiger partial charge in [0.25, 0.3) is 0 Å². The van der Waals surface area contributed by atoms with Crippen LogP contribution in [0.1, 0.15) is 39.0 Å². The van der Waals surface area contributed by atoms with E-state index < -0.39 is 0 Å². The molecular weight excluding hydrogens is 236 g/mol. The van der Waals surface area contributed by atoms with Crippen LogP contribution in [-0.4, -0.2) is 18.5 Å². The minimum Gasteiger partial charge on any atom is -0.376 e. The molecule has 1 aliphatic carbocycles. The maximum absolute atomic E-state index is 11.9. The van der Waals surface area contributed by atoms with E-state index in [1.54, 1.807) is 0 Å². The van der Waals surface area contributed by atoms with Crippen molar-refractivity contribution in [3.63, 3.8) is 0 Å². The maximum Gasteiger partial charge on any atom is 0.239 e. The Morgan fingerprint density at radius 1 is 1.21 bits per heavy atom. The zero-order chi connectivity index (χ0) is 13.5. The molecule has 1 atom stereocenters. The van der Waals surface area contributed by atoms with Gasteiger partial charge in [0.15, 0.2) is 0 Å². The van der Waals surface area contributed by atoms with Crippen LogP contribution in [0.5, 0.6) is 0 Å². The Kier molecular flexibility index (Phi) is 5.25. The van der Waals surface area contributed by atoms with Crippen molar-refractivity contribution in [3.05, 3.63) is 30.3 Å². The summed E-state index contributed by atoms with van der Waals surface area (Å²) in [6, 6.07) is 10.1. The lowest BCUT2D eigenvalue weighted by atomic mass is 9.84. The van der Waals surface area contributed by atoms with Gasteiger partial charge in [-0.25, -0.2) is 0 Å². The summed E-state index contributed by atoms with van der Waals surface area (Å²) < 4.78 is 0. The Balaban J connectivity index is 1.71. The second kappa shape index (κ2) is 7.17. The van der Waals surface area contributed by atoms with E-state index in [1.807, 2.05) is 30.3 Å². The van der Waals surface area contributed by atoms with Crippen LogP contribution in [0.15, 0.2) is 30.3 Å². The Morgan fingerprint density at radius 3 is 2.58 bits per heavy atom. The molecule has 0 bridgehead atoms. The topological polar surface area (TPSA) is 41.1 Å². The highest BCUT2D eigenvalue weighted by Crippen LogP contribution is 2.26. The predicted octanol–water partition coefficient (Wildman–Crippen LogP) is 3.18. The Bertz CT molecular complexity index is 385. The quantitative estimate of drug-likeness (QED) is 0.853. The second-order valence-corrected chi connectivity index (χ2v) is 5.47. The molecule has 1 aromatic rings. The van der Waals surface area contributed by atoms with Crippen molar-refractivity contribution in [2.45, 2.75) is 45.1 Å². The fourth-order valence-electron chi connectivity index (χ4n) is 2.80. The standard InChI is InChI=1S/C16H24N2O/c1-13(14-8-4-2-5-9-14)18-16(19)12-17-15-10-6-3-7-11-15/h3,6-7,10-11,13-14,17H,2,4-5,8-9,12H2,1H3,(H,18,19). The molecule has 0 saturated heterocycles. The van der Waals surface area contributed by atoms with Crippen LogP contribution < -0.4 is 10.6 Å². The molecule has 0 aromatic heterocycles. The molecule has 2 N–H and O–H groups in total. The minimum atomic E-state index is 0.0851. The number of amides is 1. The highest BCUT2D eigenvalue weighted by molar-refractivity contribution is 5.80. The van der Waals surface area contributed by atoms with Gasteiger partial charge in [0.1, 0.15) is 0 Å². The number of benzene rings is 1. The summed E-state index contributed by atoms with van der Waals surface area (Å²) in [5.74, 6) is 0.747. The largest absolute Gasteiger partial charge is 0.376 e. The van der Waals surface area contributed by atoms with Crippen molar-refractivity contribution in [1.82, 2.24) is 5.32 Å².